The number of nitrogens with one attached hydrogen (secondary N) is 2. The van der Waals surface area contributed by atoms with E-state index in [1.165, 1.54) is 22.3 Å². The lowest BCUT2D eigenvalue weighted by Crippen LogP contribution is -2.37. The minimum Gasteiger partial charge on any atom is -0.393 e. The van der Waals surface area contributed by atoms with Crippen LogP contribution < -0.4 is 10.6 Å². The Balaban J connectivity index is 0.00000385. The summed E-state index contributed by atoms with van der Waals surface area (Å²) < 4.78 is 0. The first kappa shape index (κ1) is 27.6. The molecule has 182 valence electrons. The van der Waals surface area contributed by atoms with Crippen LogP contribution in [0.15, 0.2) is 53.5 Å². The number of benzene rings is 2. The Morgan fingerprint density at radius 2 is 1.58 bits per heavy atom. The topological polar surface area (TPSA) is 59.9 Å². The van der Waals surface area contributed by atoms with Crippen molar-refractivity contribution in [1.29, 1.82) is 0 Å². The SMILES string of the molecule is CN=C(NCCCc1ccc(C(C)C)cc1)NCc1ccc(CN2CCC(O)CC2)cc1.I. The molecule has 0 aliphatic carbocycles. The number of aliphatic hydroxyl groups is 1. The van der Waals surface area contributed by atoms with E-state index in [0.29, 0.717) is 5.92 Å². The van der Waals surface area contributed by atoms with Crippen molar-refractivity contribution in [3.05, 3.63) is 70.8 Å². The fourth-order valence-corrected chi connectivity index (χ4v) is 4.07. The molecule has 0 amide bonds. The molecule has 0 bridgehead atoms. The molecule has 3 rings (SSSR count). The number of hydrogen-bond acceptors (Lipinski definition) is 3. The lowest BCUT2D eigenvalue weighted by atomic mass is 10.0. The molecule has 0 radical (unpaired) electrons. The maximum Gasteiger partial charge on any atom is 0.191 e. The van der Waals surface area contributed by atoms with E-state index in [1.54, 1.807) is 0 Å². The Morgan fingerprint density at radius 3 is 2.18 bits per heavy atom. The van der Waals surface area contributed by atoms with Crippen LogP contribution in [0.4, 0.5) is 0 Å². The third-order valence-electron chi connectivity index (χ3n) is 6.25. The smallest absolute Gasteiger partial charge is 0.191 e. The van der Waals surface area contributed by atoms with Crippen molar-refractivity contribution in [3.8, 4) is 0 Å². The summed E-state index contributed by atoms with van der Waals surface area (Å²) in [6.07, 6.45) is 3.81. The molecule has 1 heterocycles. The quantitative estimate of drug-likeness (QED) is 0.179. The van der Waals surface area contributed by atoms with Crippen LogP contribution in [0.2, 0.25) is 0 Å². The highest BCUT2D eigenvalue weighted by Gasteiger charge is 2.16. The number of hydrogen-bond donors (Lipinski definition) is 3. The van der Waals surface area contributed by atoms with Crippen molar-refractivity contribution in [2.45, 2.75) is 64.6 Å². The number of likely N-dealkylation sites (tertiary alicyclic amines) is 1. The molecular weight excluding hydrogens is 523 g/mol. The predicted octanol–water partition coefficient (Wildman–Crippen LogP) is 4.68. The van der Waals surface area contributed by atoms with Crippen LogP contribution >= 0.6 is 24.0 Å². The zero-order chi connectivity index (χ0) is 22.8. The zero-order valence-corrected chi connectivity index (χ0v) is 22.7. The molecule has 2 aromatic carbocycles. The highest BCUT2D eigenvalue weighted by Crippen LogP contribution is 2.16. The fourth-order valence-electron chi connectivity index (χ4n) is 4.07. The Labute approximate surface area is 217 Å². The Kier molecular flexibility index (Phi) is 12.2. The molecule has 3 N–H and O–H groups in total. The van der Waals surface area contributed by atoms with Crippen molar-refractivity contribution in [2.75, 3.05) is 26.7 Å². The summed E-state index contributed by atoms with van der Waals surface area (Å²) >= 11 is 0. The molecule has 0 saturated carbocycles. The van der Waals surface area contributed by atoms with Gasteiger partial charge in [0.05, 0.1) is 6.10 Å². The summed E-state index contributed by atoms with van der Waals surface area (Å²) in [5.74, 6) is 1.43. The summed E-state index contributed by atoms with van der Waals surface area (Å²) in [4.78, 5) is 6.77. The van der Waals surface area contributed by atoms with Gasteiger partial charge >= 0.3 is 0 Å². The van der Waals surface area contributed by atoms with E-state index < -0.39 is 0 Å². The van der Waals surface area contributed by atoms with Gasteiger partial charge in [0, 0.05) is 39.8 Å². The molecule has 1 aliphatic heterocycles. The van der Waals surface area contributed by atoms with Crippen molar-refractivity contribution in [1.82, 2.24) is 15.5 Å². The van der Waals surface area contributed by atoms with Gasteiger partial charge in [-0.1, -0.05) is 62.4 Å². The van der Waals surface area contributed by atoms with Gasteiger partial charge in [-0.15, -0.1) is 24.0 Å². The number of guanidine groups is 1. The van der Waals surface area contributed by atoms with Crippen LogP contribution in [-0.4, -0.2) is 48.8 Å². The van der Waals surface area contributed by atoms with E-state index in [0.717, 1.165) is 64.4 Å². The highest BCUT2D eigenvalue weighted by molar-refractivity contribution is 14.0. The van der Waals surface area contributed by atoms with Gasteiger partial charge in [0.1, 0.15) is 0 Å². The molecule has 5 nitrogen and oxygen atoms in total. The normalized spacial score (nSPS) is 15.4. The second-order valence-electron chi connectivity index (χ2n) is 9.18. The lowest BCUT2D eigenvalue weighted by Gasteiger charge is -2.29. The Morgan fingerprint density at radius 1 is 0.970 bits per heavy atom. The average molecular weight is 565 g/mol. The molecule has 0 spiro atoms. The van der Waals surface area contributed by atoms with Gasteiger partial charge in [0.15, 0.2) is 5.96 Å². The molecule has 6 heteroatoms. The van der Waals surface area contributed by atoms with Crippen molar-refractivity contribution in [2.24, 2.45) is 4.99 Å². The number of aliphatic imine (C=N–C) groups is 1. The zero-order valence-electron chi connectivity index (χ0n) is 20.4. The first-order chi connectivity index (χ1) is 15.5. The summed E-state index contributed by atoms with van der Waals surface area (Å²) in [7, 11) is 1.82. The first-order valence-electron chi connectivity index (χ1n) is 12.0. The van der Waals surface area contributed by atoms with Crippen LogP contribution in [0.1, 0.15) is 61.3 Å². The molecule has 1 aliphatic rings. The van der Waals surface area contributed by atoms with E-state index >= 15 is 0 Å². The van der Waals surface area contributed by atoms with Gasteiger partial charge in [-0.3, -0.25) is 9.89 Å². The molecule has 0 unspecified atom stereocenters. The van der Waals surface area contributed by atoms with E-state index in [1.807, 2.05) is 7.05 Å². The van der Waals surface area contributed by atoms with Crippen LogP contribution in [0.3, 0.4) is 0 Å². The Hall–Kier alpha value is -1.64. The summed E-state index contributed by atoms with van der Waals surface area (Å²) in [6.45, 7) is 9.04. The monoisotopic (exact) mass is 564 g/mol. The highest BCUT2D eigenvalue weighted by atomic mass is 127. The number of halogens is 1. The third kappa shape index (κ3) is 9.63. The second-order valence-corrected chi connectivity index (χ2v) is 9.18. The van der Waals surface area contributed by atoms with Crippen LogP contribution in [0.5, 0.6) is 0 Å². The minimum atomic E-state index is -0.112. The summed E-state index contributed by atoms with van der Waals surface area (Å²) in [5, 5.41) is 16.5. The number of piperidine rings is 1. The number of rotatable bonds is 9. The van der Waals surface area contributed by atoms with Crippen molar-refractivity contribution < 1.29 is 5.11 Å². The average Bonchev–Trinajstić information content (AvgIpc) is 2.81. The van der Waals surface area contributed by atoms with Crippen molar-refractivity contribution >= 4 is 29.9 Å². The van der Waals surface area contributed by atoms with Gasteiger partial charge in [-0.05, 0) is 53.9 Å². The summed E-state index contributed by atoms with van der Waals surface area (Å²) in [5.41, 5.74) is 5.36. The molecule has 0 atom stereocenters. The van der Waals surface area contributed by atoms with Gasteiger partial charge < -0.3 is 15.7 Å². The molecule has 0 aromatic heterocycles. The van der Waals surface area contributed by atoms with E-state index in [4.69, 9.17) is 0 Å². The fraction of sp³-hybridized carbons (Fsp3) is 0.519. The minimum absolute atomic E-state index is 0. The third-order valence-corrected chi connectivity index (χ3v) is 6.25. The van der Waals surface area contributed by atoms with Gasteiger partial charge in [0.25, 0.3) is 0 Å². The molecular formula is C27H41IN4O. The van der Waals surface area contributed by atoms with E-state index in [-0.39, 0.29) is 30.1 Å². The van der Waals surface area contributed by atoms with Crippen LogP contribution in [-0.2, 0) is 19.5 Å². The maximum atomic E-state index is 9.65. The second kappa shape index (κ2) is 14.6. The van der Waals surface area contributed by atoms with E-state index in [9.17, 15) is 5.11 Å². The molecule has 1 fully saturated rings. The lowest BCUT2D eigenvalue weighted by molar-refractivity contribution is 0.0792. The standard InChI is InChI=1S/C27H40N4O.HI/c1-21(2)25-12-10-22(11-13-25)5-4-16-29-27(28-3)30-19-23-6-8-24(9-7-23)20-31-17-14-26(32)15-18-31;/h6-13,21,26,32H,4-5,14-20H2,1-3H3,(H2,28,29,30);1H. The number of aryl methyl sites for hydroxylation is 1. The summed E-state index contributed by atoms with van der Waals surface area (Å²) in [6, 6.07) is 17.8. The molecule has 33 heavy (non-hydrogen) atoms. The largest absolute Gasteiger partial charge is 0.393 e. The molecule has 1 saturated heterocycles. The van der Waals surface area contributed by atoms with Crippen molar-refractivity contribution in [3.63, 3.8) is 0 Å². The van der Waals surface area contributed by atoms with E-state index in [2.05, 4.69) is 82.9 Å². The number of aliphatic hydroxyl groups excluding tert-OH is 1. The number of nitrogens with zero attached hydrogens (tertiary/aromatic N) is 2. The molecule has 2 aromatic rings. The predicted molar refractivity (Wildman–Crippen MR) is 149 cm³/mol. The maximum absolute atomic E-state index is 9.65. The van der Waals surface area contributed by atoms with Crippen LogP contribution in [0.25, 0.3) is 0 Å². The Bertz CT molecular complexity index is 828. The van der Waals surface area contributed by atoms with Gasteiger partial charge in [-0.25, -0.2) is 0 Å². The first-order valence-corrected chi connectivity index (χ1v) is 12.0. The van der Waals surface area contributed by atoms with Crippen LogP contribution in [0, 0.1) is 0 Å². The van der Waals surface area contributed by atoms with Gasteiger partial charge in [-0.2, -0.15) is 0 Å². The van der Waals surface area contributed by atoms with Gasteiger partial charge in [0.2, 0.25) is 0 Å².